The number of hydrogen-bond acceptors (Lipinski definition) is 4. The van der Waals surface area contributed by atoms with Gasteiger partial charge in [-0.3, -0.25) is 4.98 Å². The van der Waals surface area contributed by atoms with Crippen LogP contribution in [0.1, 0.15) is 23.2 Å². The normalized spacial score (nSPS) is 13.6. The molecule has 2 heterocycles. The molecule has 0 atom stereocenters. The maximum Gasteiger partial charge on any atom is 0.437 e. The van der Waals surface area contributed by atoms with E-state index in [9.17, 15) is 9.18 Å². The summed E-state index contributed by atoms with van der Waals surface area (Å²) in [6.07, 6.45) is 3.74. The van der Waals surface area contributed by atoms with Crippen LogP contribution in [0.2, 0.25) is 0 Å². The largest absolute Gasteiger partial charge is 0.443 e. The van der Waals surface area contributed by atoms with E-state index in [-0.39, 0.29) is 12.2 Å². The van der Waals surface area contributed by atoms with Crippen molar-refractivity contribution < 1.29 is 13.9 Å². The number of aryl methyl sites for hydroxylation is 1. The average molecular weight is 383 g/mol. The molecule has 0 fully saturated rings. The first-order valence-corrected chi connectivity index (χ1v) is 8.85. The Morgan fingerprint density at radius 1 is 1.36 bits per heavy atom. The van der Waals surface area contributed by atoms with Crippen LogP contribution < -0.4 is 16.4 Å². The van der Waals surface area contributed by atoms with E-state index < -0.39 is 17.9 Å². The fourth-order valence-corrected chi connectivity index (χ4v) is 3.09. The van der Waals surface area contributed by atoms with Crippen LogP contribution in [0.4, 0.5) is 14.9 Å². The first kappa shape index (κ1) is 19.3. The number of carbonyl (C=O) groups excluding carboxylic acids is 1. The average Bonchev–Trinajstić information content (AvgIpc) is 2.67. The summed E-state index contributed by atoms with van der Waals surface area (Å²) in [6, 6.07) is 9.04. The molecule has 1 aliphatic heterocycles. The second-order valence-electron chi connectivity index (χ2n) is 6.45. The highest BCUT2D eigenvalue weighted by atomic mass is 19.1. The molecule has 1 amide bonds. The van der Waals surface area contributed by atoms with Crippen molar-refractivity contribution in [1.29, 1.82) is 0 Å². The van der Waals surface area contributed by atoms with E-state index >= 15 is 0 Å². The molecule has 0 saturated carbocycles. The predicted octanol–water partition coefficient (Wildman–Crippen LogP) is 2.73. The molecule has 0 spiro atoms. The molecular weight excluding hydrogens is 361 g/mol. The molecule has 3 rings (SSSR count). The number of nitrogens with two attached hydrogens (primary N) is 2. The maximum atomic E-state index is 14.9. The minimum absolute atomic E-state index is 0.249. The molecule has 0 unspecified atom stereocenters. The number of amides is 1. The molecule has 0 saturated heterocycles. The molecule has 0 radical (unpaired) electrons. The van der Waals surface area contributed by atoms with Gasteiger partial charge < -0.3 is 21.1 Å². The van der Waals surface area contributed by atoms with Crippen molar-refractivity contribution in [2.75, 3.05) is 18.0 Å². The van der Waals surface area contributed by atoms with E-state index in [1.165, 1.54) is 5.57 Å². The van der Waals surface area contributed by atoms with Crippen LogP contribution in [0.3, 0.4) is 0 Å². The van der Waals surface area contributed by atoms with E-state index in [1.54, 1.807) is 24.4 Å². The molecule has 8 heteroatoms. The van der Waals surface area contributed by atoms with Gasteiger partial charge in [0.25, 0.3) is 0 Å². The Kier molecular flexibility index (Phi) is 5.88. The molecule has 4 N–H and O–H groups in total. The van der Waals surface area contributed by atoms with Gasteiger partial charge in [-0.05, 0) is 42.7 Å². The summed E-state index contributed by atoms with van der Waals surface area (Å²) in [5, 5.41) is 0. The van der Waals surface area contributed by atoms with E-state index in [2.05, 4.69) is 16.1 Å². The first-order chi connectivity index (χ1) is 13.4. The molecular formula is C20H22FN5O2. The molecule has 7 nitrogen and oxygen atoms in total. The lowest BCUT2D eigenvalue weighted by atomic mass is 9.99. The molecule has 1 aliphatic rings. The van der Waals surface area contributed by atoms with E-state index in [1.807, 2.05) is 24.0 Å². The van der Waals surface area contributed by atoms with Gasteiger partial charge >= 0.3 is 6.09 Å². The third-order valence-electron chi connectivity index (χ3n) is 4.45. The van der Waals surface area contributed by atoms with Crippen molar-refractivity contribution >= 4 is 23.3 Å². The molecule has 146 valence electrons. The van der Waals surface area contributed by atoms with Crippen LogP contribution in [-0.2, 0) is 11.3 Å². The van der Waals surface area contributed by atoms with Crippen molar-refractivity contribution in [3.63, 3.8) is 0 Å². The smallest absolute Gasteiger partial charge is 0.437 e. The molecule has 0 bridgehead atoms. The van der Waals surface area contributed by atoms with E-state index in [4.69, 9.17) is 16.2 Å². The number of carbonyl (C=O) groups is 1. The summed E-state index contributed by atoms with van der Waals surface area (Å²) in [4.78, 5) is 20.8. The Bertz CT molecular complexity index is 938. The molecule has 1 aromatic carbocycles. The standard InChI is InChI=1S/C20H22FN5O2/c1-13-11-15(5-8-24-13)14-6-9-26(10-7-14)17-4-2-3-16(18(17)21)12-28-20(27)25-19(22)23/h2-6,8,11H,7,9-10,12H2,1H3,(H4,22,23,25,27). The predicted molar refractivity (Wildman–Crippen MR) is 106 cm³/mol. The van der Waals surface area contributed by atoms with Crippen molar-refractivity contribution in [3.05, 3.63) is 65.2 Å². The number of aliphatic imine (C=N–C) groups is 1. The monoisotopic (exact) mass is 383 g/mol. The van der Waals surface area contributed by atoms with Crippen LogP contribution >= 0.6 is 0 Å². The van der Waals surface area contributed by atoms with Crippen molar-refractivity contribution in [2.45, 2.75) is 20.0 Å². The maximum absolute atomic E-state index is 14.9. The van der Waals surface area contributed by atoms with Gasteiger partial charge in [-0.2, -0.15) is 0 Å². The lowest BCUT2D eigenvalue weighted by molar-refractivity contribution is 0.149. The lowest BCUT2D eigenvalue weighted by Gasteiger charge is -2.29. The number of halogens is 1. The number of guanidine groups is 1. The Hall–Kier alpha value is -3.42. The summed E-state index contributed by atoms with van der Waals surface area (Å²) in [7, 11) is 0. The highest BCUT2D eigenvalue weighted by Gasteiger charge is 2.19. The molecule has 1 aromatic heterocycles. The summed E-state index contributed by atoms with van der Waals surface area (Å²) in [6.45, 7) is 2.98. The van der Waals surface area contributed by atoms with Crippen LogP contribution in [0.15, 0.2) is 47.6 Å². The molecule has 0 aliphatic carbocycles. The molecule has 28 heavy (non-hydrogen) atoms. The summed E-state index contributed by atoms with van der Waals surface area (Å²) < 4.78 is 19.8. The Morgan fingerprint density at radius 2 is 2.18 bits per heavy atom. The summed E-state index contributed by atoms with van der Waals surface area (Å²) in [5.74, 6) is -0.823. The van der Waals surface area contributed by atoms with Gasteiger partial charge in [0.15, 0.2) is 11.8 Å². The highest BCUT2D eigenvalue weighted by Crippen LogP contribution is 2.29. The quantitative estimate of drug-likeness (QED) is 0.621. The van der Waals surface area contributed by atoms with E-state index in [0.29, 0.717) is 18.8 Å². The van der Waals surface area contributed by atoms with Gasteiger partial charge in [0, 0.05) is 30.5 Å². The minimum atomic E-state index is -0.956. The van der Waals surface area contributed by atoms with Crippen LogP contribution in [0.25, 0.3) is 5.57 Å². The lowest BCUT2D eigenvalue weighted by Crippen LogP contribution is -2.29. The fourth-order valence-electron chi connectivity index (χ4n) is 3.09. The van der Waals surface area contributed by atoms with Gasteiger partial charge in [0.2, 0.25) is 0 Å². The van der Waals surface area contributed by atoms with Crippen LogP contribution in [0, 0.1) is 12.7 Å². The number of hydrogen-bond donors (Lipinski definition) is 2. The molecule has 2 aromatic rings. The van der Waals surface area contributed by atoms with Gasteiger partial charge in [-0.1, -0.05) is 18.2 Å². The Morgan fingerprint density at radius 3 is 2.86 bits per heavy atom. The van der Waals surface area contributed by atoms with Crippen LogP contribution in [-0.4, -0.2) is 30.1 Å². The topological polar surface area (TPSA) is 107 Å². The van der Waals surface area contributed by atoms with Gasteiger partial charge in [-0.25, -0.2) is 9.18 Å². The number of ether oxygens (including phenoxy) is 1. The van der Waals surface area contributed by atoms with E-state index in [0.717, 1.165) is 17.7 Å². The second kappa shape index (κ2) is 8.51. The highest BCUT2D eigenvalue weighted by molar-refractivity contribution is 5.87. The van der Waals surface area contributed by atoms with Crippen LogP contribution in [0.5, 0.6) is 0 Å². The summed E-state index contributed by atoms with van der Waals surface area (Å²) >= 11 is 0. The number of anilines is 1. The third-order valence-corrected chi connectivity index (χ3v) is 4.45. The number of aromatic nitrogens is 1. The summed E-state index contributed by atoms with van der Waals surface area (Å²) in [5.41, 5.74) is 14.3. The van der Waals surface area contributed by atoms with Crippen molar-refractivity contribution in [2.24, 2.45) is 16.5 Å². The number of benzene rings is 1. The minimum Gasteiger partial charge on any atom is -0.443 e. The Labute approximate surface area is 162 Å². The first-order valence-electron chi connectivity index (χ1n) is 8.85. The zero-order valence-electron chi connectivity index (χ0n) is 15.6. The SMILES string of the molecule is Cc1cc(C2=CCN(c3cccc(COC(=O)N=C(N)N)c3F)CC2)ccn1. The van der Waals surface area contributed by atoms with Gasteiger partial charge in [0.05, 0.1) is 5.69 Å². The number of nitrogens with zero attached hydrogens (tertiary/aromatic N) is 3. The zero-order valence-corrected chi connectivity index (χ0v) is 15.6. The Balaban J connectivity index is 1.71. The van der Waals surface area contributed by atoms with Crippen molar-refractivity contribution in [1.82, 2.24) is 4.98 Å². The second-order valence-corrected chi connectivity index (χ2v) is 6.45. The fraction of sp³-hybridized carbons (Fsp3) is 0.250. The zero-order chi connectivity index (χ0) is 20.1. The van der Waals surface area contributed by atoms with Gasteiger partial charge in [0.1, 0.15) is 6.61 Å². The van der Waals surface area contributed by atoms with Crippen molar-refractivity contribution in [3.8, 4) is 0 Å². The number of pyridine rings is 1. The number of rotatable bonds is 4. The third kappa shape index (κ3) is 4.64. The van der Waals surface area contributed by atoms with Gasteiger partial charge in [-0.15, -0.1) is 4.99 Å².